The van der Waals surface area contributed by atoms with Gasteiger partial charge in [0, 0.05) is 28.5 Å². The molecule has 0 N–H and O–H groups in total. The minimum absolute atomic E-state index is 0.732. The predicted octanol–water partition coefficient (Wildman–Crippen LogP) is 6.59. The first-order valence-electron chi connectivity index (χ1n) is 8.79. The van der Waals surface area contributed by atoms with Gasteiger partial charge in [0.05, 0.1) is 16.6 Å². The summed E-state index contributed by atoms with van der Waals surface area (Å²) >= 11 is 9.73. The topological polar surface area (TPSA) is 17.3 Å². The van der Waals surface area contributed by atoms with Crippen LogP contribution in [0.2, 0.25) is 5.02 Å². The second-order valence-corrected chi connectivity index (χ2v) is 7.50. The average Bonchev–Trinajstić information content (AvgIpc) is 2.71. The fourth-order valence-electron chi connectivity index (χ4n) is 3.17. The van der Waals surface area contributed by atoms with E-state index in [1.165, 1.54) is 11.1 Å². The number of hydrogen-bond donors (Lipinski definition) is 0. The molecule has 4 heteroatoms. The Balaban J connectivity index is 1.78. The number of aryl methyl sites for hydroxylation is 1. The molecule has 0 unspecified atom stereocenters. The van der Waals surface area contributed by atoms with Gasteiger partial charge in [-0.3, -0.25) is 0 Å². The molecule has 0 aliphatic rings. The van der Waals surface area contributed by atoms with Gasteiger partial charge in [0.15, 0.2) is 0 Å². The highest BCUT2D eigenvalue weighted by atomic mass is 79.9. The third kappa shape index (κ3) is 4.00. The van der Waals surface area contributed by atoms with Gasteiger partial charge >= 0.3 is 0 Å². The Morgan fingerprint density at radius 3 is 2.33 bits per heavy atom. The number of pyridine rings is 1. The van der Waals surface area contributed by atoms with E-state index in [9.17, 15) is 0 Å². The maximum Gasteiger partial charge on any atom is 0.0744 e. The van der Waals surface area contributed by atoms with Crippen LogP contribution in [0.5, 0.6) is 0 Å². The summed E-state index contributed by atoms with van der Waals surface area (Å²) in [6.07, 6.45) is 2.07. The molecular formula is C23H18BrClN2. The molecule has 0 bridgehead atoms. The van der Waals surface area contributed by atoms with Crippen molar-refractivity contribution < 1.29 is 0 Å². The van der Waals surface area contributed by atoms with E-state index >= 15 is 0 Å². The van der Waals surface area contributed by atoms with E-state index < -0.39 is 0 Å². The number of nitrogens with zero attached hydrogens (tertiary/aromatic N) is 2. The van der Waals surface area contributed by atoms with Gasteiger partial charge in [-0.25, -0.2) is 4.99 Å². The van der Waals surface area contributed by atoms with Crippen molar-refractivity contribution in [1.82, 2.24) is 4.57 Å². The molecule has 0 radical (unpaired) electrons. The van der Waals surface area contributed by atoms with Crippen LogP contribution in [0.15, 0.2) is 90.1 Å². The molecule has 0 saturated carbocycles. The third-order valence-electron chi connectivity index (χ3n) is 4.51. The number of halogens is 2. The van der Waals surface area contributed by atoms with Crippen molar-refractivity contribution in [2.75, 3.05) is 5.33 Å². The molecule has 0 fully saturated rings. The standard InChI is InChI=1S/C23H18BrClN2/c24-13-15-27-14-12-22(21-11-8-19(25)16-23(21)27)26-20-9-6-18(7-10-20)17-4-2-1-3-5-17/h1-12,14,16H,13,15H2. The fraction of sp³-hybridized carbons (Fsp3) is 0.0870. The molecule has 4 rings (SSSR count). The lowest BCUT2D eigenvalue weighted by molar-refractivity contribution is 0.801. The van der Waals surface area contributed by atoms with Gasteiger partial charge in [-0.05, 0) is 47.5 Å². The van der Waals surface area contributed by atoms with Crippen LogP contribution in [0.25, 0.3) is 22.0 Å². The number of benzene rings is 3. The Kier molecular flexibility index (Phi) is 5.42. The van der Waals surface area contributed by atoms with E-state index in [0.717, 1.165) is 38.8 Å². The van der Waals surface area contributed by atoms with Crippen LogP contribution >= 0.6 is 27.5 Å². The summed E-state index contributed by atoms with van der Waals surface area (Å²) in [6.45, 7) is 0.878. The van der Waals surface area contributed by atoms with E-state index in [0.29, 0.717) is 0 Å². The first kappa shape index (κ1) is 18.0. The second kappa shape index (κ2) is 8.12. The van der Waals surface area contributed by atoms with Crippen molar-refractivity contribution >= 4 is 44.1 Å². The van der Waals surface area contributed by atoms with Crippen LogP contribution in [0, 0.1) is 0 Å². The molecule has 2 nitrogen and oxygen atoms in total. The second-order valence-electron chi connectivity index (χ2n) is 6.27. The predicted molar refractivity (Wildman–Crippen MR) is 118 cm³/mol. The largest absolute Gasteiger partial charge is 0.346 e. The monoisotopic (exact) mass is 436 g/mol. The highest BCUT2D eigenvalue weighted by molar-refractivity contribution is 9.09. The van der Waals surface area contributed by atoms with Crippen molar-refractivity contribution in [2.24, 2.45) is 4.99 Å². The smallest absolute Gasteiger partial charge is 0.0744 e. The van der Waals surface area contributed by atoms with Gasteiger partial charge in [-0.15, -0.1) is 0 Å². The van der Waals surface area contributed by atoms with E-state index in [1.807, 2.05) is 24.3 Å². The van der Waals surface area contributed by atoms with Crippen molar-refractivity contribution in [3.63, 3.8) is 0 Å². The Morgan fingerprint density at radius 1 is 0.852 bits per heavy atom. The zero-order valence-electron chi connectivity index (χ0n) is 14.6. The van der Waals surface area contributed by atoms with Crippen molar-refractivity contribution in [1.29, 1.82) is 0 Å². The summed E-state index contributed by atoms with van der Waals surface area (Å²) in [5.41, 5.74) is 4.42. The fourth-order valence-corrected chi connectivity index (χ4v) is 3.72. The maximum absolute atomic E-state index is 6.22. The molecule has 0 aliphatic carbocycles. The number of aromatic nitrogens is 1. The van der Waals surface area contributed by atoms with Crippen LogP contribution in [-0.2, 0) is 6.54 Å². The van der Waals surface area contributed by atoms with Crippen molar-refractivity contribution in [3.05, 3.63) is 95.4 Å². The van der Waals surface area contributed by atoms with Crippen LogP contribution in [-0.4, -0.2) is 9.90 Å². The minimum atomic E-state index is 0.732. The molecular weight excluding hydrogens is 420 g/mol. The Labute approximate surface area is 171 Å². The molecule has 0 spiro atoms. The molecule has 1 heterocycles. The van der Waals surface area contributed by atoms with E-state index in [2.05, 4.69) is 81.3 Å². The van der Waals surface area contributed by atoms with E-state index in [1.54, 1.807) is 0 Å². The van der Waals surface area contributed by atoms with Gasteiger partial charge < -0.3 is 4.57 Å². The molecule has 4 aromatic rings. The summed E-state index contributed by atoms with van der Waals surface area (Å²) in [4.78, 5) is 4.87. The normalized spacial score (nSPS) is 11.9. The maximum atomic E-state index is 6.22. The molecule has 0 atom stereocenters. The summed E-state index contributed by atoms with van der Waals surface area (Å²) in [6, 6.07) is 26.7. The molecule has 0 aliphatic heterocycles. The van der Waals surface area contributed by atoms with E-state index in [-0.39, 0.29) is 0 Å². The van der Waals surface area contributed by atoms with Crippen LogP contribution < -0.4 is 5.36 Å². The summed E-state index contributed by atoms with van der Waals surface area (Å²) in [7, 11) is 0. The number of rotatable bonds is 4. The first-order valence-corrected chi connectivity index (χ1v) is 10.3. The van der Waals surface area contributed by atoms with Crippen LogP contribution in [0.4, 0.5) is 5.69 Å². The van der Waals surface area contributed by atoms with Crippen LogP contribution in [0.3, 0.4) is 0 Å². The zero-order chi connectivity index (χ0) is 18.6. The molecule has 27 heavy (non-hydrogen) atoms. The third-order valence-corrected chi connectivity index (χ3v) is 5.10. The van der Waals surface area contributed by atoms with Crippen LogP contribution in [0.1, 0.15) is 0 Å². The zero-order valence-corrected chi connectivity index (χ0v) is 17.0. The van der Waals surface area contributed by atoms with Gasteiger partial charge in [0.1, 0.15) is 0 Å². The van der Waals surface area contributed by atoms with Gasteiger partial charge in [-0.1, -0.05) is 70.0 Å². The summed E-state index contributed by atoms with van der Waals surface area (Å²) in [5, 5.41) is 3.65. The number of fused-ring (bicyclic) bond motifs is 1. The molecule has 1 aromatic heterocycles. The molecule has 134 valence electrons. The number of alkyl halides is 1. The molecule has 0 amide bonds. The first-order chi connectivity index (χ1) is 13.2. The van der Waals surface area contributed by atoms with Crippen molar-refractivity contribution in [3.8, 4) is 11.1 Å². The van der Waals surface area contributed by atoms with Crippen molar-refractivity contribution in [2.45, 2.75) is 6.54 Å². The van der Waals surface area contributed by atoms with Gasteiger partial charge in [-0.2, -0.15) is 0 Å². The minimum Gasteiger partial charge on any atom is -0.346 e. The Hall–Kier alpha value is -2.36. The lowest BCUT2D eigenvalue weighted by Crippen LogP contribution is -2.10. The highest BCUT2D eigenvalue weighted by Gasteiger charge is 2.03. The highest BCUT2D eigenvalue weighted by Crippen LogP contribution is 2.23. The number of hydrogen-bond acceptors (Lipinski definition) is 1. The lowest BCUT2D eigenvalue weighted by atomic mass is 10.1. The van der Waals surface area contributed by atoms with Gasteiger partial charge in [0.2, 0.25) is 0 Å². The summed E-state index contributed by atoms with van der Waals surface area (Å²) in [5.74, 6) is 0. The lowest BCUT2D eigenvalue weighted by Gasteiger charge is -2.10. The SMILES string of the molecule is Clc1ccc2c(=Nc3ccc(-c4ccccc4)cc3)ccn(CCBr)c2c1. The van der Waals surface area contributed by atoms with E-state index in [4.69, 9.17) is 16.6 Å². The Morgan fingerprint density at radius 2 is 1.59 bits per heavy atom. The Bertz CT molecular complexity index is 1130. The summed E-state index contributed by atoms with van der Waals surface area (Å²) < 4.78 is 2.19. The molecule has 0 saturated heterocycles. The average molecular weight is 438 g/mol. The quantitative estimate of drug-likeness (QED) is 0.320. The van der Waals surface area contributed by atoms with Gasteiger partial charge in [0.25, 0.3) is 0 Å². The molecule has 3 aromatic carbocycles.